The largest absolute Gasteiger partial charge is 0.573 e. The lowest BCUT2D eigenvalue weighted by molar-refractivity contribution is -0.389. The van der Waals surface area contributed by atoms with E-state index in [1.54, 1.807) is 16.7 Å². The van der Waals surface area contributed by atoms with Gasteiger partial charge in [-0.15, -0.1) is 13.2 Å². The van der Waals surface area contributed by atoms with E-state index in [-0.39, 0.29) is 36.4 Å². The summed E-state index contributed by atoms with van der Waals surface area (Å²) in [6.45, 7) is 2.68. The minimum Gasteiger partial charge on any atom is -0.490 e. The fourth-order valence-electron chi connectivity index (χ4n) is 4.42. The molecule has 10 nitrogen and oxygen atoms in total. The van der Waals surface area contributed by atoms with Gasteiger partial charge in [-0.2, -0.15) is 0 Å². The van der Waals surface area contributed by atoms with Crippen LogP contribution in [0.15, 0.2) is 54.7 Å². The van der Waals surface area contributed by atoms with Crippen molar-refractivity contribution in [1.82, 2.24) is 9.55 Å². The number of halogens is 3. The molecule has 0 bridgehead atoms. The molecule has 1 saturated heterocycles. The van der Waals surface area contributed by atoms with Crippen LogP contribution in [0.4, 0.5) is 24.7 Å². The van der Waals surface area contributed by atoms with Crippen molar-refractivity contribution < 1.29 is 37.0 Å². The van der Waals surface area contributed by atoms with Gasteiger partial charge >= 0.3 is 18.2 Å². The number of nitrogens with zero attached hydrogens (tertiary/aromatic N) is 4. The van der Waals surface area contributed by atoms with Crippen molar-refractivity contribution >= 4 is 11.5 Å². The van der Waals surface area contributed by atoms with Gasteiger partial charge in [0.2, 0.25) is 0 Å². The minimum atomic E-state index is -4.70. The molecule has 5 rings (SSSR count). The van der Waals surface area contributed by atoms with Crippen LogP contribution in [0.5, 0.6) is 17.5 Å². The molecule has 202 valence electrons. The van der Waals surface area contributed by atoms with E-state index in [2.05, 4.69) is 14.6 Å². The summed E-state index contributed by atoms with van der Waals surface area (Å²) in [5, 5.41) is 10.8. The van der Waals surface area contributed by atoms with E-state index in [4.69, 9.17) is 14.2 Å². The number of piperidine rings is 1. The first-order chi connectivity index (χ1) is 18.2. The summed E-state index contributed by atoms with van der Waals surface area (Å²) in [6.07, 6.45) is -1.89. The van der Waals surface area contributed by atoms with Crippen LogP contribution in [0.2, 0.25) is 0 Å². The van der Waals surface area contributed by atoms with Gasteiger partial charge < -0.3 is 34.0 Å². The highest BCUT2D eigenvalue weighted by Crippen LogP contribution is 2.28. The van der Waals surface area contributed by atoms with Crippen molar-refractivity contribution in [3.05, 3.63) is 70.4 Å². The maximum Gasteiger partial charge on any atom is 0.573 e. The second kappa shape index (κ2) is 10.8. The Hall–Kier alpha value is -4.00. The van der Waals surface area contributed by atoms with E-state index in [0.717, 1.165) is 37.2 Å². The smallest absolute Gasteiger partial charge is 0.490 e. The number of nitro groups is 1. The van der Waals surface area contributed by atoms with Crippen molar-refractivity contribution in [2.75, 3.05) is 24.6 Å². The van der Waals surface area contributed by atoms with Crippen LogP contribution in [0.1, 0.15) is 18.4 Å². The number of rotatable bonds is 9. The average Bonchev–Trinajstić information content (AvgIpc) is 3.46. The second-order valence-corrected chi connectivity index (χ2v) is 9.03. The molecule has 1 aromatic heterocycles. The number of fused-ring (bicyclic) bond motifs is 1. The van der Waals surface area contributed by atoms with Gasteiger partial charge in [0.15, 0.2) is 6.10 Å². The first-order valence-corrected chi connectivity index (χ1v) is 12.0. The maximum atomic E-state index is 12.3. The highest BCUT2D eigenvalue weighted by atomic mass is 19.4. The zero-order valence-corrected chi connectivity index (χ0v) is 20.2. The van der Waals surface area contributed by atoms with Crippen LogP contribution in [0.25, 0.3) is 0 Å². The average molecular weight is 534 g/mol. The lowest BCUT2D eigenvalue weighted by Crippen LogP contribution is -2.36. The number of anilines is 1. The summed E-state index contributed by atoms with van der Waals surface area (Å²) < 4.78 is 59.7. The van der Waals surface area contributed by atoms with Gasteiger partial charge in [-0.05, 0) is 59.7 Å². The molecule has 1 fully saturated rings. The topological polar surface area (TPSA) is 101 Å². The van der Waals surface area contributed by atoms with E-state index >= 15 is 0 Å². The SMILES string of the molecule is O=[N+]([O-])c1cn2c(n1)O[C@H](COc1ccc(N3CCC(OCc4ccc(OC(F)(F)F)cc4)CC3)cc1)C2. The van der Waals surface area contributed by atoms with E-state index < -0.39 is 11.3 Å². The van der Waals surface area contributed by atoms with Crippen molar-refractivity contribution in [1.29, 1.82) is 0 Å². The Kier molecular flexibility index (Phi) is 7.27. The summed E-state index contributed by atoms with van der Waals surface area (Å²) in [5.74, 6) is 0.204. The summed E-state index contributed by atoms with van der Waals surface area (Å²) in [7, 11) is 0. The molecule has 0 unspecified atom stereocenters. The number of alkyl halides is 3. The Morgan fingerprint density at radius 2 is 1.74 bits per heavy atom. The fourth-order valence-corrected chi connectivity index (χ4v) is 4.42. The van der Waals surface area contributed by atoms with Crippen LogP contribution in [-0.4, -0.2) is 52.7 Å². The van der Waals surface area contributed by atoms with Crippen LogP contribution in [-0.2, 0) is 17.9 Å². The van der Waals surface area contributed by atoms with E-state index in [1.807, 2.05) is 24.3 Å². The Bertz CT molecular complexity index is 1220. The van der Waals surface area contributed by atoms with Crippen LogP contribution in [0, 0.1) is 10.1 Å². The van der Waals surface area contributed by atoms with Gasteiger partial charge in [0.1, 0.15) is 24.3 Å². The van der Waals surface area contributed by atoms with E-state index in [1.165, 1.54) is 18.3 Å². The zero-order chi connectivity index (χ0) is 26.7. The molecule has 0 aliphatic carbocycles. The number of benzene rings is 2. The number of ether oxygens (including phenoxy) is 4. The molecule has 3 heterocycles. The summed E-state index contributed by atoms with van der Waals surface area (Å²) in [6, 6.07) is 13.7. The molecule has 0 saturated carbocycles. The molecule has 0 N–H and O–H groups in total. The minimum absolute atomic E-state index is 0.0717. The molecule has 2 aromatic carbocycles. The molecule has 3 aromatic rings. The second-order valence-electron chi connectivity index (χ2n) is 9.03. The highest BCUT2D eigenvalue weighted by Gasteiger charge is 2.32. The normalized spacial score (nSPS) is 17.7. The maximum absolute atomic E-state index is 12.3. The summed E-state index contributed by atoms with van der Waals surface area (Å²) in [5.41, 5.74) is 1.85. The lowest BCUT2D eigenvalue weighted by Gasteiger charge is -2.33. The molecule has 0 amide bonds. The number of aromatic nitrogens is 2. The molecular weight excluding hydrogens is 509 g/mol. The predicted molar refractivity (Wildman–Crippen MR) is 128 cm³/mol. The molecule has 2 aliphatic rings. The summed E-state index contributed by atoms with van der Waals surface area (Å²) in [4.78, 5) is 16.3. The first kappa shape index (κ1) is 25.6. The molecule has 2 aliphatic heterocycles. The van der Waals surface area contributed by atoms with Crippen LogP contribution < -0.4 is 19.1 Å². The third-order valence-electron chi connectivity index (χ3n) is 6.31. The lowest BCUT2D eigenvalue weighted by atomic mass is 10.1. The first-order valence-electron chi connectivity index (χ1n) is 12.0. The van der Waals surface area contributed by atoms with Crippen molar-refractivity contribution in [2.24, 2.45) is 0 Å². The quantitative estimate of drug-likeness (QED) is 0.287. The third kappa shape index (κ3) is 6.46. The monoisotopic (exact) mass is 534 g/mol. The van der Waals surface area contributed by atoms with Crippen molar-refractivity contribution in [3.8, 4) is 17.5 Å². The molecular formula is C25H25F3N4O6. The van der Waals surface area contributed by atoms with Gasteiger partial charge in [0, 0.05) is 23.8 Å². The van der Waals surface area contributed by atoms with Crippen LogP contribution in [0.3, 0.4) is 0 Å². The van der Waals surface area contributed by atoms with Crippen LogP contribution >= 0.6 is 0 Å². The third-order valence-corrected chi connectivity index (χ3v) is 6.31. The molecule has 0 radical (unpaired) electrons. The Morgan fingerprint density at radius 1 is 1.05 bits per heavy atom. The van der Waals surface area contributed by atoms with Crippen molar-refractivity contribution in [3.63, 3.8) is 0 Å². The number of hydrogen-bond donors (Lipinski definition) is 0. The highest BCUT2D eigenvalue weighted by molar-refractivity contribution is 5.49. The fraction of sp³-hybridized carbons (Fsp3) is 0.400. The Balaban J connectivity index is 1.02. The number of imidazole rings is 1. The van der Waals surface area contributed by atoms with Gasteiger partial charge in [-0.25, -0.2) is 0 Å². The van der Waals surface area contributed by atoms with Crippen molar-refractivity contribution in [2.45, 2.75) is 44.6 Å². The Morgan fingerprint density at radius 3 is 2.37 bits per heavy atom. The van der Waals surface area contributed by atoms with Gasteiger partial charge in [0.25, 0.3) is 0 Å². The summed E-state index contributed by atoms with van der Waals surface area (Å²) >= 11 is 0. The van der Waals surface area contributed by atoms with E-state index in [0.29, 0.717) is 18.9 Å². The predicted octanol–water partition coefficient (Wildman–Crippen LogP) is 4.72. The molecule has 0 spiro atoms. The zero-order valence-electron chi connectivity index (χ0n) is 20.2. The Labute approximate surface area is 215 Å². The molecule has 1 atom stereocenters. The van der Waals surface area contributed by atoms with E-state index in [9.17, 15) is 23.3 Å². The molecule has 13 heteroatoms. The molecule has 38 heavy (non-hydrogen) atoms. The van der Waals surface area contributed by atoms with Gasteiger partial charge in [-0.3, -0.25) is 4.57 Å². The van der Waals surface area contributed by atoms with Gasteiger partial charge in [-0.1, -0.05) is 12.1 Å². The number of hydrogen-bond acceptors (Lipinski definition) is 8. The standard InChI is InChI=1S/C25H25F3N4O6/c26-25(27,28)38-21-5-1-17(2-6-21)15-35-20-9-11-30(12-10-20)18-3-7-19(8-4-18)36-16-22-13-31-14-23(32(33)34)29-24(31)37-22/h1-8,14,20,22H,9-13,15-16H2/t22-/m0/s1. The van der Waals surface area contributed by atoms with Gasteiger partial charge in [0.05, 0.1) is 19.3 Å².